The third-order valence-electron chi connectivity index (χ3n) is 7.22. The highest BCUT2D eigenvalue weighted by atomic mass is 28.4. The van der Waals surface area contributed by atoms with Gasteiger partial charge < -0.3 is 23.4 Å². The fraction of sp³-hybridized carbons (Fsp3) is 0.464. The first-order valence-corrected chi connectivity index (χ1v) is 14.7. The zero-order valence-electron chi connectivity index (χ0n) is 22.7. The van der Waals surface area contributed by atoms with Gasteiger partial charge in [-0.2, -0.15) is 0 Å². The SMILES string of the molecule is COC(=O)c1cnnn1[C@H]1O[C@H](CO[Si](c2ccccc2)(c2ccccc2)C(C)(C)C)[C@H]2OC(C)(C)O[C@H]21. The molecule has 2 aromatic carbocycles. The highest BCUT2D eigenvalue weighted by Crippen LogP contribution is 2.44. The average molecular weight is 538 g/mol. The molecule has 1 aromatic heterocycles. The van der Waals surface area contributed by atoms with E-state index in [1.807, 2.05) is 26.0 Å². The molecule has 0 bridgehead atoms. The van der Waals surface area contributed by atoms with Crippen LogP contribution in [0, 0.1) is 0 Å². The van der Waals surface area contributed by atoms with Gasteiger partial charge in [0.05, 0.1) is 19.9 Å². The molecule has 0 amide bonds. The lowest BCUT2D eigenvalue weighted by molar-refractivity contribution is -0.201. The predicted molar refractivity (Wildman–Crippen MR) is 143 cm³/mol. The van der Waals surface area contributed by atoms with Crippen molar-refractivity contribution in [3.8, 4) is 0 Å². The summed E-state index contributed by atoms with van der Waals surface area (Å²) in [5.74, 6) is -1.39. The van der Waals surface area contributed by atoms with E-state index in [1.165, 1.54) is 28.4 Å². The quantitative estimate of drug-likeness (QED) is 0.335. The zero-order valence-corrected chi connectivity index (χ0v) is 23.7. The van der Waals surface area contributed by atoms with Crippen LogP contribution in [0.3, 0.4) is 0 Å². The number of aromatic nitrogens is 3. The zero-order chi connectivity index (χ0) is 27.1. The summed E-state index contributed by atoms with van der Waals surface area (Å²) in [6.07, 6.45) is -0.780. The van der Waals surface area contributed by atoms with E-state index in [0.717, 1.165) is 0 Å². The summed E-state index contributed by atoms with van der Waals surface area (Å²) in [7, 11) is -1.49. The largest absolute Gasteiger partial charge is 0.464 e. The molecule has 3 heterocycles. The second-order valence-electron chi connectivity index (χ2n) is 11.2. The molecule has 9 nitrogen and oxygen atoms in total. The van der Waals surface area contributed by atoms with Crippen LogP contribution in [0.1, 0.15) is 51.3 Å². The Morgan fingerprint density at radius 2 is 1.58 bits per heavy atom. The lowest BCUT2D eigenvalue weighted by Gasteiger charge is -2.43. The van der Waals surface area contributed by atoms with Gasteiger partial charge >= 0.3 is 5.97 Å². The van der Waals surface area contributed by atoms with Crippen LogP contribution in [0.5, 0.6) is 0 Å². The van der Waals surface area contributed by atoms with Gasteiger partial charge in [0.15, 0.2) is 17.7 Å². The van der Waals surface area contributed by atoms with Gasteiger partial charge in [-0.05, 0) is 29.3 Å². The van der Waals surface area contributed by atoms with Crippen molar-refractivity contribution in [3.05, 3.63) is 72.6 Å². The first-order valence-electron chi connectivity index (χ1n) is 12.8. The lowest BCUT2D eigenvalue weighted by Crippen LogP contribution is -2.67. The van der Waals surface area contributed by atoms with Crippen molar-refractivity contribution in [1.29, 1.82) is 0 Å². The van der Waals surface area contributed by atoms with Crippen molar-refractivity contribution in [2.75, 3.05) is 13.7 Å². The van der Waals surface area contributed by atoms with Crippen molar-refractivity contribution in [2.24, 2.45) is 0 Å². The lowest BCUT2D eigenvalue weighted by atomic mass is 10.1. The maximum absolute atomic E-state index is 12.4. The van der Waals surface area contributed by atoms with Crippen LogP contribution in [-0.4, -0.2) is 67.1 Å². The summed E-state index contributed by atoms with van der Waals surface area (Å²) in [6, 6.07) is 20.9. The van der Waals surface area contributed by atoms with E-state index in [2.05, 4.69) is 79.6 Å². The van der Waals surface area contributed by atoms with Crippen molar-refractivity contribution in [3.63, 3.8) is 0 Å². The summed E-state index contributed by atoms with van der Waals surface area (Å²) in [4.78, 5) is 12.4. The van der Waals surface area contributed by atoms with Crippen molar-refractivity contribution >= 4 is 24.7 Å². The monoisotopic (exact) mass is 537 g/mol. The fourth-order valence-corrected chi connectivity index (χ4v) is 10.2. The fourth-order valence-electron chi connectivity index (χ4n) is 5.64. The van der Waals surface area contributed by atoms with Gasteiger partial charge in [0.2, 0.25) is 0 Å². The molecule has 5 rings (SSSR count). The summed E-state index contributed by atoms with van der Waals surface area (Å²) < 4.78 is 32.5. The molecule has 0 radical (unpaired) electrons. The maximum atomic E-state index is 12.4. The first-order chi connectivity index (χ1) is 18.1. The van der Waals surface area contributed by atoms with Crippen molar-refractivity contribution in [1.82, 2.24) is 15.0 Å². The van der Waals surface area contributed by atoms with Crippen LogP contribution in [-0.2, 0) is 23.4 Å². The second-order valence-corrected chi connectivity index (χ2v) is 15.5. The van der Waals surface area contributed by atoms with Crippen molar-refractivity contribution < 1.29 is 28.2 Å². The van der Waals surface area contributed by atoms with E-state index in [9.17, 15) is 4.79 Å². The minimum atomic E-state index is -2.80. The molecule has 10 heteroatoms. The highest BCUT2D eigenvalue weighted by Gasteiger charge is 2.58. The maximum Gasteiger partial charge on any atom is 0.358 e. The minimum absolute atomic E-state index is 0.179. The minimum Gasteiger partial charge on any atom is -0.464 e. The normalized spacial score (nSPS) is 24.8. The number of fused-ring (bicyclic) bond motifs is 1. The molecule has 3 aromatic rings. The summed E-state index contributed by atoms with van der Waals surface area (Å²) >= 11 is 0. The number of hydrogen-bond donors (Lipinski definition) is 0. The molecule has 2 aliphatic heterocycles. The molecule has 202 valence electrons. The molecular weight excluding hydrogens is 502 g/mol. The topological polar surface area (TPSA) is 93.9 Å². The van der Waals surface area contributed by atoms with E-state index in [0.29, 0.717) is 0 Å². The molecule has 2 aliphatic rings. The van der Waals surface area contributed by atoms with Gasteiger partial charge in [0.1, 0.15) is 18.3 Å². The Hall–Kier alpha value is -2.89. The Labute approximate surface area is 224 Å². The third-order valence-corrected chi connectivity index (χ3v) is 12.2. The van der Waals surface area contributed by atoms with Crippen LogP contribution in [0.2, 0.25) is 5.04 Å². The Morgan fingerprint density at radius 3 is 2.13 bits per heavy atom. The van der Waals surface area contributed by atoms with Gasteiger partial charge in [-0.15, -0.1) is 5.10 Å². The van der Waals surface area contributed by atoms with Gasteiger partial charge in [0.25, 0.3) is 8.32 Å². The molecule has 0 aliphatic carbocycles. The van der Waals surface area contributed by atoms with E-state index < -0.39 is 44.6 Å². The Bertz CT molecular complexity index is 1220. The molecule has 2 fully saturated rings. The number of ether oxygens (including phenoxy) is 4. The van der Waals surface area contributed by atoms with E-state index in [1.54, 1.807) is 0 Å². The van der Waals surface area contributed by atoms with Gasteiger partial charge in [-0.25, -0.2) is 9.48 Å². The number of rotatable bonds is 7. The first kappa shape index (κ1) is 26.7. The Morgan fingerprint density at radius 1 is 1.00 bits per heavy atom. The molecule has 0 saturated carbocycles. The number of benzene rings is 2. The van der Waals surface area contributed by atoms with Crippen LogP contribution in [0.4, 0.5) is 0 Å². The van der Waals surface area contributed by atoms with E-state index >= 15 is 0 Å². The number of nitrogens with zero attached hydrogens (tertiary/aromatic N) is 3. The van der Waals surface area contributed by atoms with Crippen LogP contribution in [0.15, 0.2) is 66.9 Å². The van der Waals surface area contributed by atoms with Gasteiger partial charge in [-0.1, -0.05) is 86.6 Å². The van der Waals surface area contributed by atoms with Gasteiger partial charge in [0, 0.05) is 0 Å². The number of carbonyl (C=O) groups excluding carboxylic acids is 1. The Balaban J connectivity index is 1.51. The van der Waals surface area contributed by atoms with Crippen LogP contribution in [0.25, 0.3) is 0 Å². The number of methoxy groups -OCH3 is 1. The smallest absolute Gasteiger partial charge is 0.358 e. The summed E-state index contributed by atoms with van der Waals surface area (Å²) in [5, 5.41) is 10.2. The average Bonchev–Trinajstić information content (AvgIpc) is 3.58. The number of hydrogen-bond acceptors (Lipinski definition) is 8. The summed E-state index contributed by atoms with van der Waals surface area (Å²) in [6.45, 7) is 10.7. The second kappa shape index (κ2) is 10.0. The molecule has 4 atom stereocenters. The molecule has 2 saturated heterocycles. The van der Waals surface area contributed by atoms with Crippen LogP contribution < -0.4 is 10.4 Å². The standard InChI is InChI=1S/C28H35N3O6Si/c1-27(2,3)38(19-13-9-7-10-14-19,20-15-11-8-12-16-20)34-18-22-23-24(37-28(4,5)36-23)25(35-22)31-21(17-29-30-31)26(32)33-6/h7-17,22-25H,18H2,1-6H3/t22-,23-,24-,25+/m1/s1. The molecule has 0 N–H and O–H groups in total. The number of esters is 1. The highest BCUT2D eigenvalue weighted by molar-refractivity contribution is 6.99. The van der Waals surface area contributed by atoms with E-state index in [4.69, 9.17) is 23.4 Å². The summed E-state index contributed by atoms with van der Waals surface area (Å²) in [5.41, 5.74) is 0.179. The third kappa shape index (κ3) is 4.60. The predicted octanol–water partition coefficient (Wildman–Crippen LogP) is 3.06. The van der Waals surface area contributed by atoms with Gasteiger partial charge in [-0.3, -0.25) is 0 Å². The van der Waals surface area contributed by atoms with E-state index in [-0.39, 0.29) is 17.3 Å². The number of carbonyl (C=O) groups is 1. The molecule has 0 spiro atoms. The van der Waals surface area contributed by atoms with Crippen molar-refractivity contribution in [2.45, 2.75) is 70.0 Å². The molecule has 0 unspecified atom stereocenters. The molecular formula is C28H35N3O6Si. The molecule has 38 heavy (non-hydrogen) atoms. The van der Waals surface area contributed by atoms with Crippen LogP contribution >= 0.6 is 0 Å². The Kier molecular flexibility index (Phi) is 7.04.